The first kappa shape index (κ1) is 22.9. The topological polar surface area (TPSA) is 101 Å². The molecule has 0 spiro atoms. The number of fused-ring (bicyclic) bond motifs is 1. The summed E-state index contributed by atoms with van der Waals surface area (Å²) in [5.74, 6) is -1.35. The van der Waals surface area contributed by atoms with Gasteiger partial charge in [0.2, 0.25) is 0 Å². The molecule has 2 aromatic heterocycles. The van der Waals surface area contributed by atoms with E-state index in [2.05, 4.69) is 15.2 Å². The number of hydrogen-bond donors (Lipinski definition) is 2. The van der Waals surface area contributed by atoms with Crippen LogP contribution in [-0.2, 0) is 17.9 Å². The molecule has 180 valence electrons. The van der Waals surface area contributed by atoms with Crippen LogP contribution in [0.5, 0.6) is 5.75 Å². The number of H-pyrrole nitrogens is 1. The molecule has 3 heterocycles. The molecule has 10 heteroatoms. The fraction of sp³-hybridized carbons (Fsp3) is 0.240. The number of halogens is 2. The van der Waals surface area contributed by atoms with E-state index in [1.807, 2.05) is 0 Å². The normalized spacial score (nSPS) is 13.6. The zero-order valence-corrected chi connectivity index (χ0v) is 18.8. The number of pyridine rings is 1. The van der Waals surface area contributed by atoms with Gasteiger partial charge in [0, 0.05) is 47.9 Å². The molecule has 8 nitrogen and oxygen atoms in total. The van der Waals surface area contributed by atoms with Gasteiger partial charge in [0.05, 0.1) is 37.2 Å². The number of aromatic nitrogens is 3. The lowest BCUT2D eigenvalue weighted by molar-refractivity contribution is -0.0794. The van der Waals surface area contributed by atoms with Crippen LogP contribution in [0.3, 0.4) is 0 Å². The van der Waals surface area contributed by atoms with E-state index in [1.54, 1.807) is 37.6 Å². The van der Waals surface area contributed by atoms with E-state index in [0.717, 1.165) is 11.6 Å². The van der Waals surface area contributed by atoms with Crippen molar-refractivity contribution in [2.75, 3.05) is 20.3 Å². The molecule has 0 radical (unpaired) electrons. The number of aromatic amines is 1. The number of amides is 1. The number of carbonyl (C=O) groups is 1. The Morgan fingerprint density at radius 2 is 1.97 bits per heavy atom. The second-order valence-electron chi connectivity index (χ2n) is 8.35. The van der Waals surface area contributed by atoms with E-state index in [9.17, 15) is 18.7 Å². The van der Waals surface area contributed by atoms with E-state index in [0.29, 0.717) is 52.3 Å². The van der Waals surface area contributed by atoms with E-state index >= 15 is 0 Å². The number of aliphatic hydroxyl groups is 1. The zero-order chi connectivity index (χ0) is 24.5. The maximum Gasteiger partial charge on any atom is 0.254 e. The van der Waals surface area contributed by atoms with Crippen molar-refractivity contribution in [3.05, 3.63) is 77.2 Å². The number of rotatable bonds is 7. The molecule has 0 saturated carbocycles. The highest BCUT2D eigenvalue weighted by atomic mass is 19.1. The van der Waals surface area contributed by atoms with Gasteiger partial charge in [0.25, 0.3) is 5.91 Å². The highest BCUT2D eigenvalue weighted by Gasteiger charge is 2.24. The third-order valence-electron chi connectivity index (χ3n) is 5.85. The van der Waals surface area contributed by atoms with Crippen LogP contribution in [0.15, 0.2) is 48.8 Å². The first-order chi connectivity index (χ1) is 16.9. The van der Waals surface area contributed by atoms with Crippen LogP contribution in [-0.4, -0.2) is 57.5 Å². The fourth-order valence-electron chi connectivity index (χ4n) is 4.00. The van der Waals surface area contributed by atoms with E-state index in [1.165, 1.54) is 17.0 Å². The first-order valence-corrected chi connectivity index (χ1v) is 10.9. The van der Waals surface area contributed by atoms with Crippen molar-refractivity contribution in [1.82, 2.24) is 20.1 Å². The smallest absolute Gasteiger partial charge is 0.254 e. The van der Waals surface area contributed by atoms with Crippen molar-refractivity contribution in [3.8, 4) is 16.9 Å². The first-order valence-electron chi connectivity index (χ1n) is 10.9. The van der Waals surface area contributed by atoms with Gasteiger partial charge in [-0.1, -0.05) is 0 Å². The minimum absolute atomic E-state index is 0.208. The van der Waals surface area contributed by atoms with Gasteiger partial charge in [-0.2, -0.15) is 5.10 Å². The molecule has 0 bridgehead atoms. The van der Waals surface area contributed by atoms with Gasteiger partial charge in [0.1, 0.15) is 23.5 Å². The Kier molecular flexibility index (Phi) is 6.14. The Morgan fingerprint density at radius 3 is 2.66 bits per heavy atom. The summed E-state index contributed by atoms with van der Waals surface area (Å²) in [7, 11) is 1.65. The minimum atomic E-state index is -0.705. The van der Waals surface area contributed by atoms with Gasteiger partial charge < -0.3 is 19.5 Å². The highest BCUT2D eigenvalue weighted by Crippen LogP contribution is 2.34. The molecule has 4 aromatic rings. The summed E-state index contributed by atoms with van der Waals surface area (Å²) < 4.78 is 38.9. The number of ether oxygens (including phenoxy) is 2. The molecule has 35 heavy (non-hydrogen) atoms. The number of carbonyl (C=O) groups excluding carboxylic acids is 1. The fourth-order valence-corrected chi connectivity index (χ4v) is 4.00. The second-order valence-corrected chi connectivity index (χ2v) is 8.35. The predicted octanol–water partition coefficient (Wildman–Crippen LogP) is 3.45. The van der Waals surface area contributed by atoms with Crippen LogP contribution in [0, 0.1) is 11.6 Å². The lowest BCUT2D eigenvalue weighted by Gasteiger charge is -2.28. The zero-order valence-electron chi connectivity index (χ0n) is 18.8. The van der Waals surface area contributed by atoms with Crippen molar-refractivity contribution < 1.29 is 28.2 Å². The maximum absolute atomic E-state index is 13.9. The van der Waals surface area contributed by atoms with Crippen LogP contribution < -0.4 is 4.74 Å². The summed E-state index contributed by atoms with van der Waals surface area (Å²) in [6.07, 6.45) is 2.98. The Morgan fingerprint density at radius 1 is 1.20 bits per heavy atom. The lowest BCUT2D eigenvalue weighted by atomic mass is 10.0. The molecule has 0 unspecified atom stereocenters. The van der Waals surface area contributed by atoms with Gasteiger partial charge in [-0.25, -0.2) is 8.78 Å². The Bertz CT molecular complexity index is 1380. The number of benzene rings is 2. The summed E-state index contributed by atoms with van der Waals surface area (Å²) in [5, 5.41) is 17.1. The SMILES string of the molecule is CN(Cc1cnc(CO)c2cn[nH]c12)C(=O)c1ccc(-c2cc(F)cc(F)c2)c(OC2COC2)c1. The molecule has 1 aliphatic rings. The highest BCUT2D eigenvalue weighted by molar-refractivity contribution is 5.96. The summed E-state index contributed by atoms with van der Waals surface area (Å²) in [6, 6.07) is 8.03. The molecule has 1 fully saturated rings. The molecule has 5 rings (SSSR count). The number of aliphatic hydroxyl groups excluding tert-OH is 1. The molecular weight excluding hydrogens is 458 g/mol. The molecule has 0 atom stereocenters. The minimum Gasteiger partial charge on any atom is -0.485 e. The molecule has 1 saturated heterocycles. The van der Waals surface area contributed by atoms with Crippen molar-refractivity contribution in [3.63, 3.8) is 0 Å². The largest absolute Gasteiger partial charge is 0.485 e. The van der Waals surface area contributed by atoms with Crippen molar-refractivity contribution >= 4 is 16.8 Å². The summed E-state index contributed by atoms with van der Waals surface area (Å²) in [4.78, 5) is 19.0. The molecule has 1 aliphatic heterocycles. The van der Waals surface area contributed by atoms with Crippen LogP contribution in [0.1, 0.15) is 21.6 Å². The maximum atomic E-state index is 13.9. The van der Waals surface area contributed by atoms with Gasteiger partial charge >= 0.3 is 0 Å². The molecule has 2 N–H and O–H groups in total. The molecule has 0 aliphatic carbocycles. The third-order valence-corrected chi connectivity index (χ3v) is 5.85. The van der Waals surface area contributed by atoms with Crippen LogP contribution in [0.4, 0.5) is 8.78 Å². The van der Waals surface area contributed by atoms with Gasteiger partial charge in [-0.05, 0) is 35.9 Å². The molecule has 1 amide bonds. The summed E-state index contributed by atoms with van der Waals surface area (Å²) in [5.41, 5.74) is 3.06. The monoisotopic (exact) mass is 480 g/mol. The quantitative estimate of drug-likeness (QED) is 0.420. The van der Waals surface area contributed by atoms with Crippen molar-refractivity contribution in [2.24, 2.45) is 0 Å². The van der Waals surface area contributed by atoms with Gasteiger partial charge in [-0.3, -0.25) is 14.9 Å². The number of hydrogen-bond acceptors (Lipinski definition) is 6. The average molecular weight is 480 g/mol. The Labute approximate surface area is 199 Å². The van der Waals surface area contributed by atoms with Crippen LogP contribution in [0.2, 0.25) is 0 Å². The number of nitrogens with one attached hydrogen (secondary N) is 1. The standard InChI is InChI=1S/C25H22F2N4O4/c1-31(10-16-8-28-22(11-32)21-9-29-30-24(16)21)25(33)14-2-3-20(15-4-17(26)7-18(27)5-15)23(6-14)35-19-12-34-13-19/h2-9,19,32H,10-13H2,1H3,(H,29,30). The predicted molar refractivity (Wildman–Crippen MR) is 123 cm³/mol. The van der Waals surface area contributed by atoms with Gasteiger partial charge in [-0.15, -0.1) is 0 Å². The third kappa shape index (κ3) is 4.58. The summed E-state index contributed by atoms with van der Waals surface area (Å²) in [6.45, 7) is 0.805. The van der Waals surface area contributed by atoms with Gasteiger partial charge in [0.15, 0.2) is 0 Å². The Balaban J connectivity index is 1.44. The molecule has 2 aromatic carbocycles. The van der Waals surface area contributed by atoms with E-state index in [-0.39, 0.29) is 25.2 Å². The number of nitrogens with zero attached hydrogens (tertiary/aromatic N) is 3. The van der Waals surface area contributed by atoms with Crippen molar-refractivity contribution in [1.29, 1.82) is 0 Å². The Hall–Kier alpha value is -3.89. The molecular formula is C25H22F2N4O4. The van der Waals surface area contributed by atoms with E-state index in [4.69, 9.17) is 9.47 Å². The van der Waals surface area contributed by atoms with Crippen LogP contribution in [0.25, 0.3) is 22.0 Å². The second kappa shape index (κ2) is 9.40. The van der Waals surface area contributed by atoms with E-state index < -0.39 is 11.6 Å². The van der Waals surface area contributed by atoms with Crippen molar-refractivity contribution in [2.45, 2.75) is 19.3 Å². The van der Waals surface area contributed by atoms with Crippen LogP contribution >= 0.6 is 0 Å². The average Bonchev–Trinajstić information content (AvgIpc) is 3.31. The lowest BCUT2D eigenvalue weighted by Crippen LogP contribution is -2.38. The summed E-state index contributed by atoms with van der Waals surface area (Å²) >= 11 is 0.